The number of hydrogen-bond donors (Lipinski definition) is 8. The van der Waals surface area contributed by atoms with Crippen LogP contribution >= 0.6 is 46.9 Å². The van der Waals surface area contributed by atoms with Crippen molar-refractivity contribution < 1.29 is 304 Å². The first-order valence-electron chi connectivity index (χ1n) is 19.4. The molecule has 0 radical (unpaired) electrons. The van der Waals surface area contributed by atoms with Crippen molar-refractivity contribution in [2.45, 2.75) is 55.5 Å². The minimum Gasteiger partial charge on any atom is -0.756 e. The van der Waals surface area contributed by atoms with Crippen molar-refractivity contribution in [1.29, 1.82) is 0 Å². The van der Waals surface area contributed by atoms with Gasteiger partial charge in [-0.15, -0.1) is 0 Å². The van der Waals surface area contributed by atoms with Crippen LogP contribution in [0, 0.1) is 0 Å². The van der Waals surface area contributed by atoms with Crippen molar-refractivity contribution in [3.63, 3.8) is 0 Å². The van der Waals surface area contributed by atoms with Crippen molar-refractivity contribution in [1.82, 2.24) is 29.1 Å². The quantitative estimate of drug-likeness (QED) is 0.0298. The van der Waals surface area contributed by atoms with E-state index in [1.165, 1.54) is 34.2 Å². The van der Waals surface area contributed by atoms with Crippen molar-refractivity contribution in [2.75, 3.05) is 24.7 Å². The number of allylic oxidation sites excluding steroid dienone is 4. The third-order valence-corrected chi connectivity index (χ3v) is 17.4. The Morgan fingerprint density at radius 3 is 1.38 bits per heavy atom. The molecule has 14 atom stereocenters. The predicted molar refractivity (Wildman–Crippen MR) is 221 cm³/mol. The smallest absolute Gasteiger partial charge is 0.756 e. The van der Waals surface area contributed by atoms with Crippen molar-refractivity contribution in [3.8, 4) is 11.1 Å². The van der Waals surface area contributed by atoms with Crippen LogP contribution in [0.5, 0.6) is 0 Å². The summed E-state index contributed by atoms with van der Waals surface area (Å²) in [5.74, 6) is 0.232. The van der Waals surface area contributed by atoms with Crippen molar-refractivity contribution >= 4 is 86.2 Å². The average molecular weight is 1270 g/mol. The van der Waals surface area contributed by atoms with Crippen molar-refractivity contribution in [3.05, 3.63) is 67.4 Å². The third kappa shape index (κ3) is 20.1. The Labute approximate surface area is 570 Å². The van der Waals surface area contributed by atoms with Crippen LogP contribution in [0.2, 0.25) is 0 Å². The van der Waals surface area contributed by atoms with Gasteiger partial charge < -0.3 is 103 Å². The Morgan fingerprint density at radius 1 is 0.603 bits per heavy atom. The number of aromatic nitrogens is 6. The summed E-state index contributed by atoms with van der Waals surface area (Å²) in [5, 5.41) is 42.7. The van der Waals surface area contributed by atoms with Gasteiger partial charge in [0, 0.05) is 29.1 Å². The van der Waals surface area contributed by atoms with E-state index in [4.69, 9.17) is 35.1 Å². The second-order valence-corrected chi connectivity index (χ2v) is 23.5. The van der Waals surface area contributed by atoms with Crippen LogP contribution in [0.3, 0.4) is 0 Å². The number of aliphatic hydroxyl groups is 4. The van der Waals surface area contributed by atoms with Crippen LogP contribution in [0.15, 0.2) is 66.3 Å². The SMILES string of the molecule is Nc1ncnc2c1c(-c1ccoc1)cn2[C@@H]1O[C@H](COP(=O)([O-])OP(=O)([O-])OP(=O)([O-])O)C(O)[C@@H]1O.Nc1ncnc2c1c(C1=CC=CC1)cn2[C@@H]1O[C@H](COP(=O)([O-])OP(=O)([O-])OP(=O)([O-])O)C(O)[C@@H]1O.[Na+].[Na+].[Na+].[Na+].[Na+].[Na+]. The summed E-state index contributed by atoms with van der Waals surface area (Å²) in [6.45, 7) is -2.13. The zero-order valence-corrected chi connectivity index (χ0v) is 58.7. The Hall–Kier alpha value is 2.18. The monoisotopic (exact) mass is 1270 g/mol. The van der Waals surface area contributed by atoms with E-state index in [9.17, 15) is 77.2 Å². The molecule has 3 aliphatic rings. The fourth-order valence-corrected chi connectivity index (χ4v) is 13.0. The van der Waals surface area contributed by atoms with E-state index in [0.717, 1.165) is 11.9 Å². The van der Waals surface area contributed by atoms with Gasteiger partial charge in [0.2, 0.25) is 0 Å². The molecule has 396 valence electrons. The number of hydrogen-bond acceptors (Lipinski definition) is 31. The Morgan fingerprint density at radius 2 is 1.01 bits per heavy atom. The van der Waals surface area contributed by atoms with E-state index >= 15 is 0 Å². The number of aliphatic hydroxyl groups excluding tert-OH is 4. The fourth-order valence-electron chi connectivity index (χ4n) is 7.23. The molecule has 8 rings (SSSR count). The number of nitrogens with zero attached hydrogens (tertiary/aromatic N) is 6. The first-order chi connectivity index (χ1) is 33.3. The van der Waals surface area contributed by atoms with Gasteiger partial charge in [-0.1, -0.05) is 18.2 Å². The molecule has 2 fully saturated rings. The molecule has 0 spiro atoms. The summed E-state index contributed by atoms with van der Waals surface area (Å²) in [4.78, 5) is 100. The van der Waals surface area contributed by atoms with Crippen molar-refractivity contribution in [2.24, 2.45) is 0 Å². The van der Waals surface area contributed by atoms with E-state index in [1.807, 2.05) is 18.2 Å². The van der Waals surface area contributed by atoms with Gasteiger partial charge >= 0.3 is 177 Å². The maximum Gasteiger partial charge on any atom is 1.00 e. The van der Waals surface area contributed by atoms with Crippen LogP contribution < -0.4 is 218 Å². The summed E-state index contributed by atoms with van der Waals surface area (Å²) in [6.07, 6.45) is 1.85. The third-order valence-electron chi connectivity index (χ3n) is 10.0. The molecule has 1 aliphatic carbocycles. The number of ether oxygens (including phenoxy) is 2. The molecule has 5 aromatic heterocycles. The number of phosphoric ester groups is 2. The number of nitrogen functional groups attached to an aromatic ring is 2. The normalized spacial score (nSPS) is 26.1. The molecule has 47 heteroatoms. The zero-order valence-electron chi connectivity index (χ0n) is 41.3. The molecule has 10 N–H and O–H groups in total. The van der Waals surface area contributed by atoms with E-state index < -0.39 is 109 Å². The second-order valence-electron chi connectivity index (χ2n) is 14.9. The van der Waals surface area contributed by atoms with Gasteiger partial charge in [0.15, 0.2) is 12.5 Å². The first-order valence-corrected chi connectivity index (χ1v) is 28.3. The van der Waals surface area contributed by atoms with Gasteiger partial charge in [-0.2, -0.15) is 0 Å². The number of furan rings is 1. The van der Waals surface area contributed by atoms with Crippen LogP contribution in [0.4, 0.5) is 11.6 Å². The minimum absolute atomic E-state index is 0. The molecule has 78 heavy (non-hydrogen) atoms. The van der Waals surface area contributed by atoms with E-state index in [0.29, 0.717) is 33.9 Å². The van der Waals surface area contributed by atoms with E-state index in [-0.39, 0.29) is 200 Å². The molecule has 7 heterocycles. The largest absolute Gasteiger partial charge is 1.00 e. The number of rotatable bonds is 18. The Kier molecular flexibility index (Phi) is 31.5. The molecule has 8 unspecified atom stereocenters. The summed E-state index contributed by atoms with van der Waals surface area (Å²) >= 11 is 0. The van der Waals surface area contributed by atoms with Gasteiger partial charge in [-0.3, -0.25) is 27.4 Å². The molecular formula is C31H34N8Na6O27P6. The summed E-state index contributed by atoms with van der Waals surface area (Å²) in [7, 11) is -35.6. The molecular weight excluding hydrogens is 1240 g/mol. The molecule has 0 bridgehead atoms. The predicted octanol–water partition coefficient (Wildman–Crippen LogP) is -21.2. The number of phosphoric acid groups is 6. The number of anilines is 2. The molecule has 35 nitrogen and oxygen atoms in total. The zero-order chi connectivity index (χ0) is 52.9. The van der Waals surface area contributed by atoms with Crippen LogP contribution in [0.25, 0.3) is 38.8 Å². The minimum atomic E-state index is -6.10. The standard InChI is InChI=1S/C16H21N4O13P3.C15H19N4O14P3.6Na/c17-14-11-9(8-3-1-2-4-8)5-20(15(11)19-7-18-14)16-13(22)12(21)10(31-16)6-30-35(26,27)33-36(28,29)32-34(23,24)25;16-13-10-8(7-1-2-29-4-7)3-19(14(10)18-6-17-13)15-12(21)11(20)9(31-15)5-30-35(25,26)33-36(27,28)32-34(22,23)24;;;;;;/h1-3,5,7,10,12-13,16,21-22H,4,6H2,(H,26,27)(H,28,29)(H2,17,18,19)(H2,23,24,25);1-4,6,9,11-12,15,20-21H,5H2,(H,25,26)(H,27,28)(H2,16,17,18)(H2,22,23,24);;;;;;/q;;6*+1/p-6/t10-,12?,13+,16-;9-,11?,12+,15-;;;;;;/m11....../s1. The summed E-state index contributed by atoms with van der Waals surface area (Å²) in [6, 6.07) is 1.62. The molecule has 2 saturated heterocycles. The molecule has 0 aromatic carbocycles. The van der Waals surface area contributed by atoms with E-state index in [1.54, 1.807) is 12.3 Å². The van der Waals surface area contributed by atoms with Crippen LogP contribution in [-0.4, -0.2) is 109 Å². The topological polar surface area (TPSA) is 563 Å². The summed E-state index contributed by atoms with van der Waals surface area (Å²) in [5.41, 5.74) is 15.0. The second kappa shape index (κ2) is 31.4. The molecule has 2 aliphatic heterocycles. The molecule has 0 amide bonds. The average Bonchev–Trinajstić information content (AvgIpc) is 4.10. The maximum atomic E-state index is 11.8. The van der Waals surface area contributed by atoms with Gasteiger partial charge in [-0.05, 0) is 18.1 Å². The van der Waals surface area contributed by atoms with E-state index in [2.05, 4.69) is 46.2 Å². The Balaban J connectivity index is 0.000000724. The maximum absolute atomic E-state index is 11.8. The Bertz CT molecular complexity index is 3210. The van der Waals surface area contributed by atoms with Gasteiger partial charge in [-0.25, -0.2) is 37.2 Å². The van der Waals surface area contributed by atoms with Gasteiger partial charge in [0.25, 0.3) is 46.9 Å². The fraction of sp³-hybridized carbons (Fsp3) is 0.355. The van der Waals surface area contributed by atoms with Gasteiger partial charge in [0.05, 0.1) is 36.5 Å². The van der Waals surface area contributed by atoms with Crippen LogP contribution in [0.1, 0.15) is 24.4 Å². The molecule has 0 saturated carbocycles. The number of fused-ring (bicyclic) bond motifs is 2. The molecule has 5 aromatic rings. The number of nitrogens with two attached hydrogens (primary N) is 2. The van der Waals surface area contributed by atoms with Gasteiger partial charge in [0.1, 0.15) is 72.2 Å². The summed E-state index contributed by atoms with van der Waals surface area (Å²) < 4.78 is 108. The first kappa shape index (κ1) is 78.2. The van der Waals surface area contributed by atoms with Crippen LogP contribution in [-0.2, 0) is 63.2 Å².